The molecular weight excluding hydrogens is 1370 g/mol. The molecule has 0 aliphatic heterocycles. The molecule has 20 rings (SSSR count). The van der Waals surface area contributed by atoms with Crippen LogP contribution in [0, 0.1) is 0 Å². The van der Waals surface area contributed by atoms with Crippen LogP contribution in [0.25, 0.3) is 143 Å². The molecule has 0 saturated carbocycles. The molecule has 0 unspecified atom stereocenters. The third kappa shape index (κ3) is 12.0. The Morgan fingerprint density at radius 3 is 0.911 bits per heavy atom. The van der Waals surface area contributed by atoms with Gasteiger partial charge in [-0.1, -0.05) is 224 Å². The van der Waals surface area contributed by atoms with E-state index in [0.29, 0.717) is 0 Å². The molecule has 8 heteroatoms. The van der Waals surface area contributed by atoms with Crippen LogP contribution in [0.4, 0.5) is 34.1 Å². The van der Waals surface area contributed by atoms with Crippen molar-refractivity contribution in [2.24, 2.45) is 0 Å². The summed E-state index contributed by atoms with van der Waals surface area (Å²) in [4.78, 5) is 4.81. The van der Waals surface area contributed by atoms with Gasteiger partial charge in [-0.25, -0.2) is 0 Å². The van der Waals surface area contributed by atoms with E-state index in [0.717, 1.165) is 96.1 Å². The zero-order chi connectivity index (χ0) is 75.2. The fraction of sp³-hybridized carbons (Fsp3) is 0.0385. The molecule has 0 N–H and O–H groups in total. The molecule has 536 valence electrons. The number of methoxy groups -OCH3 is 4. The second-order valence-corrected chi connectivity index (χ2v) is 28.1. The zero-order valence-corrected chi connectivity index (χ0v) is 62.4. The van der Waals surface area contributed by atoms with Crippen molar-refractivity contribution in [3.8, 4) is 78.9 Å². The van der Waals surface area contributed by atoms with Crippen LogP contribution in [0.3, 0.4) is 0 Å². The lowest BCUT2D eigenvalue weighted by atomic mass is 9.85. The van der Waals surface area contributed by atoms with Crippen molar-refractivity contribution < 1.29 is 18.9 Å². The predicted molar refractivity (Wildman–Crippen MR) is 469 cm³/mol. The number of para-hydroxylation sites is 6. The first-order valence-corrected chi connectivity index (χ1v) is 37.8. The monoisotopic (exact) mass is 1440 g/mol. The van der Waals surface area contributed by atoms with Crippen molar-refractivity contribution in [3.05, 3.63) is 388 Å². The van der Waals surface area contributed by atoms with Gasteiger partial charge in [-0.2, -0.15) is 0 Å². The summed E-state index contributed by atoms with van der Waals surface area (Å²) in [7, 11) is 6.85. The second-order valence-electron chi connectivity index (χ2n) is 28.1. The van der Waals surface area contributed by atoms with Crippen LogP contribution < -0.4 is 28.7 Å². The number of hydrogen-bond donors (Lipinski definition) is 0. The van der Waals surface area contributed by atoms with Crippen LogP contribution >= 0.6 is 0 Å². The first kappa shape index (κ1) is 68.0. The molecule has 0 atom stereocenters. The Bertz CT molecular complexity index is 6820. The van der Waals surface area contributed by atoms with Gasteiger partial charge in [-0.05, 0) is 246 Å². The Hall–Kier alpha value is -14.6. The van der Waals surface area contributed by atoms with Gasteiger partial charge in [0.2, 0.25) is 0 Å². The lowest BCUT2D eigenvalue weighted by Crippen LogP contribution is -2.11. The van der Waals surface area contributed by atoms with Gasteiger partial charge >= 0.3 is 0 Å². The van der Waals surface area contributed by atoms with Crippen molar-refractivity contribution in [1.82, 2.24) is 9.13 Å². The van der Waals surface area contributed by atoms with Crippen LogP contribution in [0.2, 0.25) is 0 Å². The normalized spacial score (nSPS) is 11.4. The van der Waals surface area contributed by atoms with Crippen LogP contribution in [0.15, 0.2) is 388 Å². The fourth-order valence-corrected chi connectivity index (χ4v) is 16.9. The van der Waals surface area contributed by atoms with E-state index < -0.39 is 0 Å². The maximum atomic E-state index is 5.63. The van der Waals surface area contributed by atoms with Crippen LogP contribution in [0.5, 0.6) is 23.0 Å². The van der Waals surface area contributed by atoms with Gasteiger partial charge in [0, 0.05) is 66.7 Å². The van der Waals surface area contributed by atoms with E-state index in [1.807, 2.05) is 12.1 Å². The maximum absolute atomic E-state index is 5.63. The molecular formula is C104H76N4O4. The van der Waals surface area contributed by atoms with E-state index in [9.17, 15) is 0 Å². The van der Waals surface area contributed by atoms with Gasteiger partial charge in [0.15, 0.2) is 0 Å². The van der Waals surface area contributed by atoms with Crippen LogP contribution in [0.1, 0.15) is 0 Å². The van der Waals surface area contributed by atoms with Crippen molar-refractivity contribution in [2.75, 3.05) is 38.2 Å². The summed E-state index contributed by atoms with van der Waals surface area (Å²) >= 11 is 0. The van der Waals surface area contributed by atoms with Crippen molar-refractivity contribution >= 4 is 121 Å². The predicted octanol–water partition coefficient (Wildman–Crippen LogP) is 27.8. The third-order valence-corrected chi connectivity index (χ3v) is 21.9. The third-order valence-electron chi connectivity index (χ3n) is 21.9. The highest BCUT2D eigenvalue weighted by Crippen LogP contribution is 2.52. The standard InChI is InChI=1S/2C52H38N2O2/c1-55-40-29-24-35(25-30-40)50-43-19-9-10-20-44(43)51(36-26-31-41(56-2)32-27-36)52-45(50)21-13-23-49(52)53(37-14-5-3-6-15-37)39-28-33-48-46(34-39)42-18-11-12-22-47(42)54(48)38-16-7-4-8-17-38;1-55-41-27-21-35(22-28-41)51-44-18-9-10-19-45(44)52(36-23-29-42(56-2)30-24-36)48-34-39(25-31-46(48)51)53(37-13-5-3-6-14-37)40-26-32-50-47(33-40)43-17-11-12-20-49(43)54(50)38-15-7-4-8-16-38/h2*3-34H,1-2H3. The topological polar surface area (TPSA) is 53.3 Å². The number of benzene rings is 18. The van der Waals surface area contributed by atoms with E-state index in [-0.39, 0.29) is 0 Å². The Balaban J connectivity index is 0.000000151. The Kier molecular flexibility index (Phi) is 17.7. The average Bonchev–Trinajstić information content (AvgIpc) is 1.11. The Labute approximate surface area is 650 Å². The van der Waals surface area contributed by atoms with Gasteiger partial charge in [0.1, 0.15) is 23.0 Å². The molecule has 0 aliphatic rings. The average molecular weight is 1450 g/mol. The van der Waals surface area contributed by atoms with Gasteiger partial charge < -0.3 is 37.9 Å². The van der Waals surface area contributed by atoms with E-state index in [1.54, 1.807) is 28.4 Å². The molecule has 0 bridgehead atoms. The highest BCUT2D eigenvalue weighted by Gasteiger charge is 2.27. The molecule has 112 heavy (non-hydrogen) atoms. The molecule has 0 aliphatic carbocycles. The highest BCUT2D eigenvalue weighted by atomic mass is 16.5. The van der Waals surface area contributed by atoms with E-state index in [1.165, 1.54) is 104 Å². The number of nitrogens with zero attached hydrogens (tertiary/aromatic N) is 4. The number of rotatable bonds is 16. The number of aromatic nitrogens is 2. The zero-order valence-electron chi connectivity index (χ0n) is 62.4. The smallest absolute Gasteiger partial charge is 0.118 e. The lowest BCUT2D eigenvalue weighted by Gasteiger charge is -2.29. The van der Waals surface area contributed by atoms with Crippen molar-refractivity contribution in [1.29, 1.82) is 0 Å². The largest absolute Gasteiger partial charge is 0.497 e. The molecule has 0 saturated heterocycles. The minimum atomic E-state index is 0.825. The second kappa shape index (κ2) is 29.2. The maximum Gasteiger partial charge on any atom is 0.118 e. The molecule has 8 nitrogen and oxygen atoms in total. The minimum Gasteiger partial charge on any atom is -0.497 e. The molecule has 2 heterocycles. The first-order valence-electron chi connectivity index (χ1n) is 37.8. The van der Waals surface area contributed by atoms with E-state index >= 15 is 0 Å². The molecule has 0 fully saturated rings. The molecule has 2 aromatic heterocycles. The molecule has 0 amide bonds. The quantitative estimate of drug-likeness (QED) is 0.0899. The SMILES string of the molecule is COc1ccc(-c2c3ccccc3c(-c3ccc(OC)cc3)c3c(N(c4ccccc4)c4ccc5c(c4)c4ccccc4n5-c4ccccc4)cccc23)cc1.COc1ccc(-c2c3ccccc3c(-c3ccc(OC)cc3)c3cc(N(c4ccccc4)c4ccc5c(c4)c4ccccc4n5-c4ccccc4)ccc23)cc1. The summed E-state index contributed by atoms with van der Waals surface area (Å²) in [6, 6.07) is 139. The Morgan fingerprint density at radius 2 is 0.491 bits per heavy atom. The van der Waals surface area contributed by atoms with E-state index in [4.69, 9.17) is 18.9 Å². The molecule has 0 radical (unpaired) electrons. The molecule has 20 aromatic rings. The fourth-order valence-electron chi connectivity index (χ4n) is 16.9. The molecule has 18 aromatic carbocycles. The number of fused-ring (bicyclic) bond motifs is 10. The van der Waals surface area contributed by atoms with Gasteiger partial charge in [-0.3, -0.25) is 0 Å². The number of anilines is 6. The number of hydrogen-bond acceptors (Lipinski definition) is 6. The first-order chi connectivity index (χ1) is 55.4. The summed E-state index contributed by atoms with van der Waals surface area (Å²) in [6.07, 6.45) is 0. The molecule has 0 spiro atoms. The summed E-state index contributed by atoms with van der Waals surface area (Å²) in [5, 5.41) is 14.3. The van der Waals surface area contributed by atoms with E-state index in [2.05, 4.69) is 395 Å². The lowest BCUT2D eigenvalue weighted by molar-refractivity contribution is 0.415. The van der Waals surface area contributed by atoms with Crippen LogP contribution in [-0.4, -0.2) is 37.6 Å². The van der Waals surface area contributed by atoms with Gasteiger partial charge in [-0.15, -0.1) is 0 Å². The number of ether oxygens (including phenoxy) is 4. The van der Waals surface area contributed by atoms with Crippen LogP contribution in [-0.2, 0) is 0 Å². The summed E-state index contributed by atoms with van der Waals surface area (Å²) in [6.45, 7) is 0. The van der Waals surface area contributed by atoms with Gasteiger partial charge in [0.05, 0.1) is 56.2 Å². The van der Waals surface area contributed by atoms with Crippen molar-refractivity contribution in [2.45, 2.75) is 0 Å². The highest BCUT2D eigenvalue weighted by molar-refractivity contribution is 6.26. The summed E-state index contributed by atoms with van der Waals surface area (Å²) in [5.74, 6) is 3.32. The minimum absolute atomic E-state index is 0.825. The van der Waals surface area contributed by atoms with Gasteiger partial charge in [0.25, 0.3) is 0 Å². The Morgan fingerprint density at radius 1 is 0.196 bits per heavy atom. The summed E-state index contributed by atoms with van der Waals surface area (Å²) < 4.78 is 27.1. The van der Waals surface area contributed by atoms with Crippen molar-refractivity contribution in [3.63, 3.8) is 0 Å². The summed E-state index contributed by atoms with van der Waals surface area (Å²) in [5.41, 5.74) is 22.7.